The van der Waals surface area contributed by atoms with Gasteiger partial charge in [0.2, 0.25) is 0 Å². The zero-order valence-corrected chi connectivity index (χ0v) is 41.3. The molecule has 9 aromatic carbocycles. The number of halogens is 1. The molecule has 0 radical (unpaired) electrons. The maximum absolute atomic E-state index is 5.84. The van der Waals surface area contributed by atoms with Crippen LogP contribution in [0.1, 0.15) is 0 Å². The van der Waals surface area contributed by atoms with Gasteiger partial charge >= 0.3 is 52.8 Å². The van der Waals surface area contributed by atoms with Crippen molar-refractivity contribution in [2.75, 3.05) is 0 Å². The second-order valence-electron chi connectivity index (χ2n) is 13.3. The Labute approximate surface area is 415 Å². The zero-order chi connectivity index (χ0) is 47.1. The van der Waals surface area contributed by atoms with Crippen molar-refractivity contribution < 1.29 is 58.0 Å². The summed E-state index contributed by atoms with van der Waals surface area (Å²) in [5, 5.41) is 0. The topological polar surface area (TPSA) is 83.1 Å². The fourth-order valence-electron chi connectivity index (χ4n) is 5.27. The van der Waals surface area contributed by atoms with Crippen LogP contribution in [0.2, 0.25) is 0 Å². The summed E-state index contributed by atoms with van der Waals surface area (Å²) in [5.41, 5.74) is 0. The van der Waals surface area contributed by atoms with Gasteiger partial charge in [-0.05, 0) is 109 Å². The van der Waals surface area contributed by atoms with Gasteiger partial charge in [-0.2, -0.15) is 0 Å². The largest absolute Gasteiger partial charge is 0.530 e. The van der Waals surface area contributed by atoms with E-state index in [0.29, 0.717) is 51.7 Å². The molecule has 0 aliphatic carbocycles. The summed E-state index contributed by atoms with van der Waals surface area (Å²) in [6.45, 7) is 0. The summed E-state index contributed by atoms with van der Waals surface area (Å²) in [6.07, 6.45) is 0. The molecule has 0 unspecified atom stereocenters. The van der Waals surface area contributed by atoms with E-state index in [9.17, 15) is 0 Å². The Kier molecular flexibility index (Phi) is 22.9. The fraction of sp³-hybridized carbons (Fsp3) is 0. The Hall–Kier alpha value is -6.62. The molecule has 0 aromatic heterocycles. The molecule has 0 fully saturated rings. The first-order chi connectivity index (χ1) is 33.7. The Morgan fingerprint density at radius 3 is 0.353 bits per heavy atom. The van der Waals surface area contributed by atoms with Gasteiger partial charge in [0.25, 0.3) is 0 Å². The summed E-state index contributed by atoms with van der Waals surface area (Å²) < 4.78 is 52.6. The van der Waals surface area contributed by atoms with Gasteiger partial charge in [-0.15, -0.1) is 0 Å². The molecule has 0 spiro atoms. The van der Waals surface area contributed by atoms with Crippen molar-refractivity contribution >= 4 is 35.5 Å². The van der Waals surface area contributed by atoms with Crippen LogP contribution < -0.4 is 40.7 Å². The molecule has 0 bridgehead atoms. The molecule has 9 aromatic rings. The van der Waals surface area contributed by atoms with Gasteiger partial charge in [0.15, 0.2) is 0 Å². The van der Waals surface area contributed by atoms with Crippen LogP contribution in [0.3, 0.4) is 0 Å². The zero-order valence-electron chi connectivity index (χ0n) is 36.2. The van der Waals surface area contributed by atoms with Crippen LogP contribution in [0.25, 0.3) is 0 Å². The Morgan fingerprint density at radius 2 is 0.265 bits per heavy atom. The molecular formula is C54H45ClO9P3Rh. The summed E-state index contributed by atoms with van der Waals surface area (Å²) in [7, 11) is -0.240. The van der Waals surface area contributed by atoms with Crippen LogP contribution >= 0.6 is 35.5 Å². The third kappa shape index (κ3) is 19.7. The SMILES string of the molecule is [Cl][Rh].c1ccc(OP(Oc2ccccc2)Oc2ccccc2)cc1.c1ccc(OP(Oc2ccccc2)Oc2ccccc2)cc1.c1ccc(OP(Oc2ccccc2)Oc2ccccc2)cc1. The maximum Gasteiger partial charge on any atom is 0.530 e. The molecule has 14 heteroatoms. The van der Waals surface area contributed by atoms with Gasteiger partial charge in [0.05, 0.1) is 0 Å². The van der Waals surface area contributed by atoms with Crippen molar-refractivity contribution in [2.45, 2.75) is 0 Å². The molecule has 9 rings (SSSR count). The van der Waals surface area contributed by atoms with Crippen molar-refractivity contribution in [3.8, 4) is 51.7 Å². The van der Waals surface area contributed by atoms with Crippen LogP contribution in [0, 0.1) is 0 Å². The fourth-order valence-corrected chi connectivity index (χ4v) is 8.25. The number of rotatable bonds is 18. The van der Waals surface area contributed by atoms with Crippen molar-refractivity contribution in [3.63, 3.8) is 0 Å². The maximum atomic E-state index is 5.84. The molecule has 0 atom stereocenters. The summed E-state index contributed by atoms with van der Waals surface area (Å²) in [4.78, 5) is 0. The van der Waals surface area contributed by atoms with E-state index in [1.807, 2.05) is 290 Å². The van der Waals surface area contributed by atoms with E-state index in [2.05, 4.69) is 9.69 Å². The van der Waals surface area contributed by atoms with E-state index in [-0.39, 0.29) is 0 Å². The first-order valence-corrected chi connectivity index (χ1v) is 26.2. The van der Waals surface area contributed by atoms with Crippen molar-refractivity contribution in [3.05, 3.63) is 273 Å². The Bertz CT molecular complexity index is 2040. The van der Waals surface area contributed by atoms with Gasteiger partial charge in [0.1, 0.15) is 51.7 Å². The second kappa shape index (κ2) is 30.6. The van der Waals surface area contributed by atoms with Crippen molar-refractivity contribution in [1.29, 1.82) is 0 Å². The van der Waals surface area contributed by atoms with Crippen LogP contribution in [0.5, 0.6) is 51.7 Å². The van der Waals surface area contributed by atoms with Crippen LogP contribution in [-0.2, 0) is 17.3 Å². The quantitative estimate of drug-likeness (QED) is 0.0616. The molecule has 9 nitrogen and oxygen atoms in total. The molecular weight excluding hydrogens is 1020 g/mol. The van der Waals surface area contributed by atoms with Crippen LogP contribution in [0.4, 0.5) is 0 Å². The van der Waals surface area contributed by atoms with E-state index in [0.717, 1.165) is 0 Å². The van der Waals surface area contributed by atoms with Gasteiger partial charge in [-0.3, -0.25) is 0 Å². The standard InChI is InChI=1S/3C18H15O3P.ClH.Rh/c3*1-4-10-16(11-5-1)19-22(20-17-12-6-2-7-13-17)21-18-14-8-3-9-15-18;;/h3*1-15H;1H;/q;;;;+1/p-1. The normalized spacial score (nSPS) is 10.0. The molecule has 0 saturated carbocycles. The van der Waals surface area contributed by atoms with E-state index in [1.54, 1.807) is 0 Å². The van der Waals surface area contributed by atoms with E-state index >= 15 is 0 Å². The third-order valence-electron chi connectivity index (χ3n) is 8.31. The molecule has 0 saturated heterocycles. The first-order valence-electron chi connectivity index (χ1n) is 20.8. The van der Waals surface area contributed by atoms with E-state index in [1.165, 1.54) is 0 Å². The summed E-state index contributed by atoms with van der Waals surface area (Å²) in [6, 6.07) is 85.5. The molecule has 0 aliphatic rings. The molecule has 68 heavy (non-hydrogen) atoms. The van der Waals surface area contributed by atoms with E-state index < -0.39 is 25.8 Å². The number of hydrogen-bond acceptors (Lipinski definition) is 9. The molecule has 0 heterocycles. The van der Waals surface area contributed by atoms with Gasteiger partial charge in [0, 0.05) is 0 Å². The minimum atomic E-state index is -1.59. The smallest absolute Gasteiger partial charge is 0.409 e. The minimum absolute atomic E-state index is 0.709. The predicted molar refractivity (Wildman–Crippen MR) is 270 cm³/mol. The number of hydrogen-bond donors (Lipinski definition) is 0. The van der Waals surface area contributed by atoms with Gasteiger partial charge in [-0.1, -0.05) is 164 Å². The molecule has 0 N–H and O–H groups in total. The van der Waals surface area contributed by atoms with Gasteiger partial charge < -0.3 is 40.7 Å². The predicted octanol–water partition coefficient (Wildman–Crippen LogP) is 17.0. The molecule has 0 amide bonds. The van der Waals surface area contributed by atoms with Gasteiger partial charge in [-0.25, -0.2) is 0 Å². The monoisotopic (exact) mass is 1070 g/mol. The summed E-state index contributed by atoms with van der Waals surface area (Å²) in [5.74, 6) is 6.38. The number of para-hydroxylation sites is 9. The van der Waals surface area contributed by atoms with E-state index in [4.69, 9.17) is 40.7 Å². The average Bonchev–Trinajstić information content (AvgIpc) is 3.40. The first kappa shape index (κ1) is 50.8. The van der Waals surface area contributed by atoms with Crippen LogP contribution in [-0.4, -0.2) is 0 Å². The Balaban J connectivity index is 0.000000165. The molecule has 346 valence electrons. The van der Waals surface area contributed by atoms with Crippen molar-refractivity contribution in [2.24, 2.45) is 0 Å². The molecule has 0 aliphatic heterocycles. The van der Waals surface area contributed by atoms with Crippen molar-refractivity contribution in [1.82, 2.24) is 0 Å². The van der Waals surface area contributed by atoms with Crippen LogP contribution in [0.15, 0.2) is 273 Å². The third-order valence-corrected chi connectivity index (χ3v) is 11.5. The average molecular weight is 1070 g/mol. The minimum Gasteiger partial charge on any atom is -0.409 e. The number of benzene rings is 9. The summed E-state index contributed by atoms with van der Waals surface area (Å²) >= 11 is 2.02. The second-order valence-corrected chi connectivity index (χ2v) is 16.3. The Morgan fingerprint density at radius 1 is 0.176 bits per heavy atom.